The van der Waals surface area contributed by atoms with E-state index in [0.717, 1.165) is 0 Å². The minimum atomic E-state index is -4.47. The standard InChI is InChI=1S/C16H21ClN6O4S.2ClH/c17-12-8-22-13(23-15(19)20)11-7-9(3-4-10(11)12)28(26,27)16(21,14(24)25)5-1-2-6-18;;/h3-4,7-8H,1-2,5-6,18,21H2,(H,24,25)(H4,19,20,22,23);2*1H/t16-;;/m0../s1. The van der Waals surface area contributed by atoms with Gasteiger partial charge < -0.3 is 28.0 Å². The molecule has 0 spiro atoms. The highest BCUT2D eigenvalue weighted by atomic mass is 35.5. The summed E-state index contributed by atoms with van der Waals surface area (Å²) >= 11 is 6.10. The number of halogens is 3. The Balaban J connectivity index is 0.00000420. The summed E-state index contributed by atoms with van der Waals surface area (Å²) in [6.45, 7) is 0.289. The summed E-state index contributed by atoms with van der Waals surface area (Å²) < 4.78 is 26.2. The normalized spacial score (nSPS) is 12.9. The van der Waals surface area contributed by atoms with Gasteiger partial charge in [-0.3, -0.25) is 0 Å². The van der Waals surface area contributed by atoms with E-state index in [1.54, 1.807) is 0 Å². The van der Waals surface area contributed by atoms with Crippen LogP contribution in [0.25, 0.3) is 10.8 Å². The van der Waals surface area contributed by atoms with E-state index in [1.807, 2.05) is 0 Å². The van der Waals surface area contributed by atoms with Crippen molar-refractivity contribution in [2.45, 2.75) is 29.0 Å². The number of sulfone groups is 1. The fourth-order valence-corrected chi connectivity index (χ4v) is 4.45. The molecule has 0 fully saturated rings. The Labute approximate surface area is 190 Å². The number of guanidine groups is 1. The van der Waals surface area contributed by atoms with Crippen LogP contribution in [0.4, 0.5) is 5.82 Å². The van der Waals surface area contributed by atoms with Gasteiger partial charge in [-0.05, 0) is 37.9 Å². The Morgan fingerprint density at radius 2 is 1.83 bits per heavy atom. The van der Waals surface area contributed by atoms with E-state index < -0.39 is 20.7 Å². The number of nitrogens with two attached hydrogens (primary N) is 4. The first-order valence-corrected chi connectivity index (χ1v) is 10.1. The molecule has 0 aliphatic rings. The highest BCUT2D eigenvalue weighted by molar-refractivity contribution is 7.93. The molecule has 168 valence electrons. The molecule has 1 heterocycles. The van der Waals surface area contributed by atoms with Crippen LogP contribution in [0.2, 0.25) is 5.02 Å². The summed E-state index contributed by atoms with van der Waals surface area (Å²) in [5.74, 6) is -1.90. The molecular weight excluding hydrogens is 479 g/mol. The average Bonchev–Trinajstić information content (AvgIpc) is 2.63. The van der Waals surface area contributed by atoms with Crippen LogP contribution in [0, 0.1) is 0 Å². The molecule has 9 N–H and O–H groups in total. The van der Waals surface area contributed by atoms with Crippen LogP contribution in [0.5, 0.6) is 0 Å². The number of carboxylic acid groups (broad SMARTS) is 1. The topological polar surface area (TPSA) is 201 Å². The molecule has 0 amide bonds. The molecule has 0 bridgehead atoms. The minimum absolute atomic E-state index is 0. The van der Waals surface area contributed by atoms with Gasteiger partial charge >= 0.3 is 5.97 Å². The Hall–Kier alpha value is -1.89. The minimum Gasteiger partial charge on any atom is -0.479 e. The smallest absolute Gasteiger partial charge is 0.339 e. The average molecular weight is 502 g/mol. The van der Waals surface area contributed by atoms with Crippen molar-refractivity contribution in [2.24, 2.45) is 27.9 Å². The zero-order chi connectivity index (χ0) is 21.1. The molecule has 0 aliphatic heterocycles. The Morgan fingerprint density at radius 1 is 1.20 bits per heavy atom. The molecule has 0 radical (unpaired) electrons. The van der Waals surface area contributed by atoms with Crippen molar-refractivity contribution >= 4 is 74.8 Å². The van der Waals surface area contributed by atoms with Gasteiger partial charge in [0.05, 0.1) is 9.92 Å². The molecule has 1 aromatic carbocycles. The highest BCUT2D eigenvalue weighted by Gasteiger charge is 2.48. The number of aliphatic carboxylic acids is 1. The summed E-state index contributed by atoms with van der Waals surface area (Å²) in [4.78, 5) is 16.8. The number of aliphatic imine (C=N–C) groups is 1. The third-order valence-electron chi connectivity index (χ3n) is 4.18. The van der Waals surface area contributed by atoms with E-state index >= 15 is 0 Å². The van der Waals surface area contributed by atoms with Crippen molar-refractivity contribution in [2.75, 3.05) is 6.54 Å². The van der Waals surface area contributed by atoms with Crippen molar-refractivity contribution in [1.29, 1.82) is 0 Å². The summed E-state index contributed by atoms with van der Waals surface area (Å²) in [5.41, 5.74) is 22.0. The van der Waals surface area contributed by atoms with Crippen LogP contribution in [0.3, 0.4) is 0 Å². The van der Waals surface area contributed by atoms with Gasteiger partial charge in [-0.15, -0.1) is 24.8 Å². The van der Waals surface area contributed by atoms with Crippen molar-refractivity contribution in [3.63, 3.8) is 0 Å². The number of hydrogen-bond donors (Lipinski definition) is 5. The first kappa shape index (κ1) is 28.1. The van der Waals surface area contributed by atoms with Crippen LogP contribution in [0.1, 0.15) is 19.3 Å². The van der Waals surface area contributed by atoms with Crippen molar-refractivity contribution in [1.82, 2.24) is 4.98 Å². The predicted octanol–water partition coefficient (Wildman–Crippen LogP) is 1.28. The van der Waals surface area contributed by atoms with Crippen molar-refractivity contribution in [3.8, 4) is 0 Å². The van der Waals surface area contributed by atoms with Gasteiger partial charge in [0.2, 0.25) is 14.7 Å². The molecule has 0 unspecified atom stereocenters. The second kappa shape index (κ2) is 10.9. The van der Waals surface area contributed by atoms with E-state index in [1.165, 1.54) is 24.4 Å². The molecule has 30 heavy (non-hydrogen) atoms. The molecule has 0 saturated carbocycles. The number of rotatable bonds is 8. The van der Waals surface area contributed by atoms with Crippen LogP contribution >= 0.6 is 36.4 Å². The summed E-state index contributed by atoms with van der Waals surface area (Å²) in [6, 6.07) is 3.86. The molecule has 0 aliphatic carbocycles. The second-order valence-corrected chi connectivity index (χ2v) is 8.73. The lowest BCUT2D eigenvalue weighted by atomic mass is 10.1. The number of carboxylic acids is 1. The number of carbonyl (C=O) groups is 1. The van der Waals surface area contributed by atoms with E-state index in [4.69, 9.17) is 34.5 Å². The van der Waals surface area contributed by atoms with Gasteiger partial charge in [0, 0.05) is 17.0 Å². The third-order valence-corrected chi connectivity index (χ3v) is 6.69. The van der Waals surface area contributed by atoms with Crippen molar-refractivity contribution < 1.29 is 18.3 Å². The second-order valence-electron chi connectivity index (χ2n) is 6.12. The summed E-state index contributed by atoms with van der Waals surface area (Å²) in [6.07, 6.45) is 1.69. The fourth-order valence-electron chi connectivity index (χ4n) is 2.65. The van der Waals surface area contributed by atoms with Gasteiger partial charge in [0.25, 0.3) is 0 Å². The monoisotopic (exact) mass is 500 g/mol. The van der Waals surface area contributed by atoms with Gasteiger partial charge in [0.15, 0.2) is 11.8 Å². The van der Waals surface area contributed by atoms with E-state index in [0.29, 0.717) is 11.8 Å². The Morgan fingerprint density at radius 3 is 2.37 bits per heavy atom. The summed E-state index contributed by atoms with van der Waals surface area (Å²) in [7, 11) is -4.47. The van der Waals surface area contributed by atoms with Gasteiger partial charge in [0.1, 0.15) is 0 Å². The zero-order valence-corrected chi connectivity index (χ0v) is 18.8. The number of nitrogens with zero attached hydrogens (tertiary/aromatic N) is 2. The number of benzene rings is 1. The largest absolute Gasteiger partial charge is 0.479 e. The molecule has 10 nitrogen and oxygen atoms in total. The number of unbranched alkanes of at least 4 members (excludes halogenated alkanes) is 1. The number of hydrogen-bond acceptors (Lipinski definition) is 7. The van der Waals surface area contributed by atoms with Crippen LogP contribution < -0.4 is 22.9 Å². The first-order valence-electron chi connectivity index (χ1n) is 8.19. The third kappa shape index (κ3) is 5.42. The summed E-state index contributed by atoms with van der Waals surface area (Å²) in [5, 5.41) is 10.5. The molecular formula is C16H23Cl3N6O4S. The molecule has 1 atom stereocenters. The Kier molecular flexibility index (Phi) is 10.2. The van der Waals surface area contributed by atoms with Crippen LogP contribution in [-0.4, -0.2) is 41.9 Å². The lowest BCUT2D eigenvalue weighted by molar-refractivity contribution is -0.140. The van der Waals surface area contributed by atoms with Crippen LogP contribution in [0.15, 0.2) is 34.3 Å². The maximum Gasteiger partial charge on any atom is 0.339 e. The Bertz CT molecular complexity index is 1050. The van der Waals surface area contributed by atoms with E-state index in [-0.39, 0.29) is 71.3 Å². The number of pyridine rings is 1. The maximum absolute atomic E-state index is 13.1. The van der Waals surface area contributed by atoms with Gasteiger partial charge in [-0.1, -0.05) is 17.7 Å². The molecule has 2 aromatic rings. The van der Waals surface area contributed by atoms with Crippen molar-refractivity contribution in [3.05, 3.63) is 29.4 Å². The molecule has 1 aromatic heterocycles. The number of fused-ring (bicyclic) bond motifs is 1. The maximum atomic E-state index is 13.1. The molecule has 14 heteroatoms. The predicted molar refractivity (Wildman–Crippen MR) is 121 cm³/mol. The molecule has 2 rings (SSSR count). The molecule has 0 saturated heterocycles. The fraction of sp³-hybridized carbons (Fsp3) is 0.312. The van der Waals surface area contributed by atoms with Gasteiger partial charge in [-0.25, -0.2) is 18.2 Å². The SMILES string of the molecule is Cl.Cl.NCCCC[C@@](N)(C(=O)O)S(=O)(=O)c1ccc2c(Cl)cnc(N=C(N)N)c2c1. The lowest BCUT2D eigenvalue weighted by Crippen LogP contribution is -2.54. The first-order chi connectivity index (χ1) is 13.0. The van der Waals surface area contributed by atoms with E-state index in [2.05, 4.69) is 9.98 Å². The highest BCUT2D eigenvalue weighted by Crippen LogP contribution is 2.34. The van der Waals surface area contributed by atoms with Gasteiger partial charge in [-0.2, -0.15) is 4.99 Å². The quantitative estimate of drug-likeness (QED) is 0.200. The number of aromatic nitrogens is 1. The zero-order valence-electron chi connectivity index (χ0n) is 15.6. The van der Waals surface area contributed by atoms with E-state index in [9.17, 15) is 18.3 Å². The lowest BCUT2D eigenvalue weighted by Gasteiger charge is -2.25. The van der Waals surface area contributed by atoms with Crippen LogP contribution in [-0.2, 0) is 14.6 Å².